The van der Waals surface area contributed by atoms with E-state index in [0.717, 1.165) is 24.6 Å². The zero-order valence-corrected chi connectivity index (χ0v) is 13.1. The molecule has 1 aromatic carbocycles. The van der Waals surface area contributed by atoms with Crippen LogP contribution in [0.15, 0.2) is 18.2 Å². The molecule has 0 heterocycles. The van der Waals surface area contributed by atoms with E-state index in [1.165, 1.54) is 24.0 Å². The van der Waals surface area contributed by atoms with Gasteiger partial charge in [0.15, 0.2) is 0 Å². The van der Waals surface area contributed by atoms with E-state index in [1.807, 2.05) is 0 Å². The normalized spacial score (nSPS) is 12.7. The molecule has 1 atom stereocenters. The number of rotatable bonds is 8. The highest BCUT2D eigenvalue weighted by Gasteiger charge is 2.11. The number of hydrogen-bond acceptors (Lipinski definition) is 2. The van der Waals surface area contributed by atoms with Gasteiger partial charge in [-0.25, -0.2) is 0 Å². The summed E-state index contributed by atoms with van der Waals surface area (Å²) in [6.07, 6.45) is 3.49. The van der Waals surface area contributed by atoms with Crippen molar-refractivity contribution in [2.75, 3.05) is 13.7 Å². The molecule has 0 aliphatic heterocycles. The number of benzene rings is 1. The molecule has 1 unspecified atom stereocenters. The second-order valence-electron chi connectivity index (χ2n) is 5.74. The highest BCUT2D eigenvalue weighted by molar-refractivity contribution is 5.36. The van der Waals surface area contributed by atoms with Gasteiger partial charge in [-0.3, -0.25) is 0 Å². The van der Waals surface area contributed by atoms with Crippen LogP contribution in [0, 0.1) is 12.8 Å². The van der Waals surface area contributed by atoms with Gasteiger partial charge in [0.05, 0.1) is 7.11 Å². The van der Waals surface area contributed by atoms with Gasteiger partial charge in [0.1, 0.15) is 5.75 Å². The monoisotopic (exact) mass is 263 g/mol. The summed E-state index contributed by atoms with van der Waals surface area (Å²) in [5.74, 6) is 1.76. The highest BCUT2D eigenvalue weighted by atomic mass is 16.5. The maximum absolute atomic E-state index is 5.45. The summed E-state index contributed by atoms with van der Waals surface area (Å²) in [6, 6.07) is 7.04. The molecule has 2 heteroatoms. The van der Waals surface area contributed by atoms with Gasteiger partial charge in [-0.15, -0.1) is 0 Å². The van der Waals surface area contributed by atoms with Crippen LogP contribution in [-0.2, 0) is 6.42 Å². The molecule has 0 saturated heterocycles. The fourth-order valence-corrected chi connectivity index (χ4v) is 2.59. The van der Waals surface area contributed by atoms with Crippen molar-refractivity contribution in [3.8, 4) is 5.75 Å². The van der Waals surface area contributed by atoms with E-state index < -0.39 is 0 Å². The van der Waals surface area contributed by atoms with Crippen LogP contribution in [0.2, 0.25) is 0 Å². The van der Waals surface area contributed by atoms with Crippen LogP contribution < -0.4 is 10.1 Å². The van der Waals surface area contributed by atoms with Gasteiger partial charge in [-0.05, 0) is 50.3 Å². The molecule has 1 rings (SSSR count). The van der Waals surface area contributed by atoms with E-state index in [1.54, 1.807) is 7.11 Å². The van der Waals surface area contributed by atoms with Crippen LogP contribution in [-0.4, -0.2) is 19.7 Å². The fraction of sp³-hybridized carbons (Fsp3) is 0.647. The Morgan fingerprint density at radius 3 is 2.58 bits per heavy atom. The van der Waals surface area contributed by atoms with E-state index in [4.69, 9.17) is 4.74 Å². The summed E-state index contributed by atoms with van der Waals surface area (Å²) in [5.41, 5.74) is 2.63. The Kier molecular flexibility index (Phi) is 6.93. The first-order chi connectivity index (χ1) is 9.06. The molecular formula is C17H29NO. The van der Waals surface area contributed by atoms with Gasteiger partial charge in [-0.2, -0.15) is 0 Å². The van der Waals surface area contributed by atoms with E-state index >= 15 is 0 Å². The zero-order chi connectivity index (χ0) is 14.3. The van der Waals surface area contributed by atoms with Crippen molar-refractivity contribution in [1.82, 2.24) is 5.32 Å². The largest absolute Gasteiger partial charge is 0.496 e. The summed E-state index contributed by atoms with van der Waals surface area (Å²) in [6.45, 7) is 9.94. The molecule has 1 aromatic rings. The molecule has 0 bridgehead atoms. The van der Waals surface area contributed by atoms with Crippen LogP contribution in [0.4, 0.5) is 0 Å². The van der Waals surface area contributed by atoms with E-state index in [9.17, 15) is 0 Å². The molecule has 19 heavy (non-hydrogen) atoms. The fourth-order valence-electron chi connectivity index (χ4n) is 2.59. The topological polar surface area (TPSA) is 21.3 Å². The first-order valence-corrected chi connectivity index (χ1v) is 7.43. The maximum Gasteiger partial charge on any atom is 0.122 e. The average Bonchev–Trinajstić information content (AvgIpc) is 2.36. The molecule has 108 valence electrons. The van der Waals surface area contributed by atoms with Crippen LogP contribution in [0.5, 0.6) is 5.75 Å². The third-order valence-electron chi connectivity index (χ3n) is 3.45. The SMILES string of the molecule is CCNC(CCc1cc(C)ccc1OC)CC(C)C. The lowest BCUT2D eigenvalue weighted by Gasteiger charge is -2.20. The Balaban J connectivity index is 2.64. The van der Waals surface area contributed by atoms with E-state index in [2.05, 4.69) is 51.2 Å². The Hall–Kier alpha value is -1.02. The molecule has 1 N–H and O–H groups in total. The Bertz CT molecular complexity index is 374. The molecule has 0 fully saturated rings. The van der Waals surface area contributed by atoms with Crippen molar-refractivity contribution in [3.63, 3.8) is 0 Å². The van der Waals surface area contributed by atoms with E-state index in [0.29, 0.717) is 6.04 Å². The number of ether oxygens (including phenoxy) is 1. The van der Waals surface area contributed by atoms with Crippen LogP contribution >= 0.6 is 0 Å². The number of hydrogen-bond donors (Lipinski definition) is 1. The third kappa shape index (κ3) is 5.65. The van der Waals surface area contributed by atoms with Crippen molar-refractivity contribution < 1.29 is 4.74 Å². The minimum atomic E-state index is 0.607. The van der Waals surface area contributed by atoms with Crippen molar-refractivity contribution in [2.45, 2.75) is 53.0 Å². The van der Waals surface area contributed by atoms with Gasteiger partial charge in [0, 0.05) is 6.04 Å². The van der Waals surface area contributed by atoms with Crippen LogP contribution in [0.3, 0.4) is 0 Å². The summed E-state index contributed by atoms with van der Waals surface area (Å²) < 4.78 is 5.45. The number of methoxy groups -OCH3 is 1. The quantitative estimate of drug-likeness (QED) is 0.766. The smallest absolute Gasteiger partial charge is 0.122 e. The first kappa shape index (κ1) is 16.0. The lowest BCUT2D eigenvalue weighted by molar-refractivity contribution is 0.392. The third-order valence-corrected chi connectivity index (χ3v) is 3.45. The zero-order valence-electron chi connectivity index (χ0n) is 13.1. The highest BCUT2D eigenvalue weighted by Crippen LogP contribution is 2.22. The Morgan fingerprint density at radius 2 is 2.00 bits per heavy atom. The van der Waals surface area contributed by atoms with Crippen molar-refractivity contribution >= 4 is 0 Å². The summed E-state index contributed by atoms with van der Waals surface area (Å²) >= 11 is 0. The van der Waals surface area contributed by atoms with Gasteiger partial charge < -0.3 is 10.1 Å². The van der Waals surface area contributed by atoms with Crippen molar-refractivity contribution in [1.29, 1.82) is 0 Å². The summed E-state index contributed by atoms with van der Waals surface area (Å²) in [4.78, 5) is 0. The molecule has 0 aliphatic rings. The molecule has 0 amide bonds. The number of nitrogens with one attached hydrogen (secondary N) is 1. The summed E-state index contributed by atoms with van der Waals surface area (Å²) in [5, 5.41) is 3.60. The molecule has 2 nitrogen and oxygen atoms in total. The number of aryl methyl sites for hydroxylation is 2. The van der Waals surface area contributed by atoms with Crippen molar-refractivity contribution in [3.05, 3.63) is 29.3 Å². The van der Waals surface area contributed by atoms with Crippen LogP contribution in [0.1, 0.15) is 44.7 Å². The Labute approximate surface area is 118 Å². The predicted octanol–water partition coefficient (Wildman–Crippen LogP) is 3.96. The molecule has 0 aromatic heterocycles. The second kappa shape index (κ2) is 8.21. The first-order valence-electron chi connectivity index (χ1n) is 7.43. The van der Waals surface area contributed by atoms with Crippen LogP contribution in [0.25, 0.3) is 0 Å². The molecule has 0 saturated carbocycles. The second-order valence-corrected chi connectivity index (χ2v) is 5.74. The average molecular weight is 263 g/mol. The van der Waals surface area contributed by atoms with Gasteiger partial charge in [0.25, 0.3) is 0 Å². The minimum absolute atomic E-state index is 0.607. The van der Waals surface area contributed by atoms with Gasteiger partial charge >= 0.3 is 0 Å². The van der Waals surface area contributed by atoms with Crippen molar-refractivity contribution in [2.24, 2.45) is 5.92 Å². The maximum atomic E-state index is 5.45. The molecule has 0 radical (unpaired) electrons. The van der Waals surface area contributed by atoms with Gasteiger partial charge in [0.2, 0.25) is 0 Å². The molecule has 0 spiro atoms. The molecular weight excluding hydrogens is 234 g/mol. The van der Waals surface area contributed by atoms with E-state index in [-0.39, 0.29) is 0 Å². The minimum Gasteiger partial charge on any atom is -0.496 e. The van der Waals surface area contributed by atoms with Gasteiger partial charge in [-0.1, -0.05) is 38.5 Å². The standard InChI is InChI=1S/C17H29NO/c1-6-18-16(11-13(2)3)9-8-15-12-14(4)7-10-17(15)19-5/h7,10,12-13,16,18H,6,8-9,11H2,1-5H3. The molecule has 0 aliphatic carbocycles. The lowest BCUT2D eigenvalue weighted by atomic mass is 9.96. The Morgan fingerprint density at radius 1 is 1.26 bits per heavy atom. The predicted molar refractivity (Wildman–Crippen MR) is 83.0 cm³/mol. The lowest BCUT2D eigenvalue weighted by Crippen LogP contribution is -2.30. The summed E-state index contributed by atoms with van der Waals surface area (Å²) in [7, 11) is 1.75.